The van der Waals surface area contributed by atoms with Crippen LogP contribution in [0.1, 0.15) is 12.8 Å². The molecule has 0 radical (unpaired) electrons. The monoisotopic (exact) mass is 330 g/mol. The topological polar surface area (TPSA) is 88.9 Å². The smallest absolute Gasteiger partial charge is 0.336 e. The van der Waals surface area contributed by atoms with Crippen LogP contribution in [0.5, 0.6) is 5.75 Å². The molecule has 0 bridgehead atoms. The minimum Gasteiger partial charge on any atom is -0.484 e. The highest BCUT2D eigenvalue weighted by Gasteiger charge is 2.18. The second-order valence-corrected chi connectivity index (χ2v) is 5.61. The first-order valence-corrected chi connectivity index (χ1v) is 7.83. The normalized spacial score (nSPS) is 13.9. The molecule has 2 amide bonds. The summed E-state index contributed by atoms with van der Waals surface area (Å²) in [5.41, 5.74) is -0.0533. The number of nitrogens with zero attached hydrogens (tertiary/aromatic N) is 1. The van der Waals surface area contributed by atoms with Crippen molar-refractivity contribution in [3.8, 4) is 5.75 Å². The van der Waals surface area contributed by atoms with Crippen molar-refractivity contribution in [3.63, 3.8) is 0 Å². The van der Waals surface area contributed by atoms with Crippen LogP contribution in [0.15, 0.2) is 39.5 Å². The van der Waals surface area contributed by atoms with Crippen LogP contribution in [0.2, 0.25) is 0 Å². The summed E-state index contributed by atoms with van der Waals surface area (Å²) in [5, 5.41) is 3.31. The summed E-state index contributed by atoms with van der Waals surface area (Å²) >= 11 is 0. The fourth-order valence-electron chi connectivity index (χ4n) is 2.58. The molecule has 1 fully saturated rings. The number of hydrogen-bond acceptors (Lipinski definition) is 5. The van der Waals surface area contributed by atoms with Gasteiger partial charge in [-0.05, 0) is 31.0 Å². The fraction of sp³-hybridized carbons (Fsp3) is 0.353. The van der Waals surface area contributed by atoms with Gasteiger partial charge in [-0.25, -0.2) is 4.79 Å². The van der Waals surface area contributed by atoms with E-state index in [9.17, 15) is 14.4 Å². The van der Waals surface area contributed by atoms with E-state index < -0.39 is 5.63 Å². The lowest BCUT2D eigenvalue weighted by molar-refractivity contribution is -0.132. The number of carbonyl (C=O) groups excluding carboxylic acids is 2. The molecule has 0 atom stereocenters. The molecule has 0 aliphatic carbocycles. The van der Waals surface area contributed by atoms with Gasteiger partial charge < -0.3 is 19.4 Å². The van der Waals surface area contributed by atoms with E-state index in [1.54, 1.807) is 29.2 Å². The van der Waals surface area contributed by atoms with E-state index in [4.69, 9.17) is 9.15 Å². The summed E-state index contributed by atoms with van der Waals surface area (Å²) < 4.78 is 10.4. The number of nitrogens with one attached hydrogen (secondary N) is 1. The molecule has 126 valence electrons. The Balaban J connectivity index is 1.50. The number of likely N-dealkylation sites (tertiary alicyclic amines) is 1. The quantitative estimate of drug-likeness (QED) is 0.823. The number of amides is 2. The summed E-state index contributed by atoms with van der Waals surface area (Å²) in [4.78, 5) is 36.6. The predicted octanol–water partition coefficient (Wildman–Crippen LogP) is 0.910. The standard InChI is InChI=1S/C17H18N2O5/c20-15(18-10-16(21)19-7-1-2-8-19)11-23-13-5-3-12-4-6-17(22)24-14(12)9-13/h3-6,9H,1-2,7-8,10-11H2,(H,18,20). The Kier molecular flexibility index (Phi) is 4.79. The molecular weight excluding hydrogens is 312 g/mol. The van der Waals surface area contributed by atoms with Gasteiger partial charge in [0.25, 0.3) is 5.91 Å². The third-order valence-corrected chi connectivity index (χ3v) is 3.86. The number of hydrogen-bond donors (Lipinski definition) is 1. The first kappa shape index (κ1) is 16.0. The van der Waals surface area contributed by atoms with E-state index in [2.05, 4.69) is 5.32 Å². The van der Waals surface area contributed by atoms with E-state index >= 15 is 0 Å². The average molecular weight is 330 g/mol. The van der Waals surface area contributed by atoms with Crippen LogP contribution in [0.25, 0.3) is 11.0 Å². The SMILES string of the molecule is O=C(COc1ccc2ccc(=O)oc2c1)NCC(=O)N1CCCC1. The van der Waals surface area contributed by atoms with E-state index in [1.165, 1.54) is 6.07 Å². The summed E-state index contributed by atoms with van der Waals surface area (Å²) in [6.45, 7) is 1.28. The molecule has 0 spiro atoms. The van der Waals surface area contributed by atoms with Gasteiger partial charge in [0.2, 0.25) is 5.91 Å². The highest BCUT2D eigenvalue weighted by molar-refractivity contribution is 5.85. The minimum atomic E-state index is -0.446. The Morgan fingerprint density at radius 1 is 1.17 bits per heavy atom. The molecule has 0 unspecified atom stereocenters. The molecule has 2 heterocycles. The molecule has 0 saturated carbocycles. The molecule has 2 aromatic rings. The Hall–Kier alpha value is -2.83. The van der Waals surface area contributed by atoms with Gasteiger partial charge in [-0.2, -0.15) is 0 Å². The van der Waals surface area contributed by atoms with Gasteiger partial charge in [-0.1, -0.05) is 0 Å². The van der Waals surface area contributed by atoms with Gasteiger partial charge in [-0.3, -0.25) is 9.59 Å². The van der Waals surface area contributed by atoms with Crippen molar-refractivity contribution in [2.24, 2.45) is 0 Å². The van der Waals surface area contributed by atoms with E-state index in [0.29, 0.717) is 11.3 Å². The summed E-state index contributed by atoms with van der Waals surface area (Å²) in [6.07, 6.45) is 2.03. The molecular formula is C17H18N2O5. The Bertz CT molecular complexity index is 808. The highest BCUT2D eigenvalue weighted by atomic mass is 16.5. The summed E-state index contributed by atoms with van der Waals surface area (Å²) in [7, 11) is 0. The second kappa shape index (κ2) is 7.16. The van der Waals surface area contributed by atoms with Crippen molar-refractivity contribution in [1.82, 2.24) is 10.2 Å². The number of carbonyl (C=O) groups is 2. The average Bonchev–Trinajstić information content (AvgIpc) is 3.12. The largest absolute Gasteiger partial charge is 0.484 e. The maximum atomic E-state index is 11.8. The van der Waals surface area contributed by atoms with Gasteiger partial charge in [0.15, 0.2) is 6.61 Å². The maximum Gasteiger partial charge on any atom is 0.336 e. The summed E-state index contributed by atoms with van der Waals surface area (Å²) in [6, 6.07) is 7.97. The van der Waals surface area contributed by atoms with Crippen LogP contribution >= 0.6 is 0 Å². The maximum absolute atomic E-state index is 11.8. The third-order valence-electron chi connectivity index (χ3n) is 3.86. The van der Waals surface area contributed by atoms with Crippen LogP contribution in [0.3, 0.4) is 0 Å². The van der Waals surface area contributed by atoms with E-state index in [1.807, 2.05) is 0 Å². The van der Waals surface area contributed by atoms with Gasteiger partial charge in [-0.15, -0.1) is 0 Å². The number of benzene rings is 1. The van der Waals surface area contributed by atoms with Crippen molar-refractivity contribution < 1.29 is 18.7 Å². The molecule has 1 aliphatic rings. The molecule has 1 aliphatic heterocycles. The summed E-state index contributed by atoms with van der Waals surface area (Å²) in [5.74, 6) is -0.0386. The number of rotatable bonds is 5. The van der Waals surface area contributed by atoms with Crippen LogP contribution in [-0.4, -0.2) is 43.0 Å². The molecule has 1 N–H and O–H groups in total. The molecule has 24 heavy (non-hydrogen) atoms. The van der Waals surface area contributed by atoms with Crippen molar-refractivity contribution in [1.29, 1.82) is 0 Å². The first-order chi connectivity index (χ1) is 11.6. The zero-order valence-electron chi connectivity index (χ0n) is 13.1. The zero-order chi connectivity index (χ0) is 16.9. The predicted molar refractivity (Wildman–Crippen MR) is 86.8 cm³/mol. The van der Waals surface area contributed by atoms with E-state index in [-0.39, 0.29) is 25.0 Å². The third kappa shape index (κ3) is 3.92. The number of fused-ring (bicyclic) bond motifs is 1. The molecule has 1 aromatic heterocycles. The van der Waals surface area contributed by atoms with Crippen LogP contribution < -0.4 is 15.7 Å². The Labute approximate surface area is 138 Å². The van der Waals surface area contributed by atoms with E-state index in [0.717, 1.165) is 31.3 Å². The first-order valence-electron chi connectivity index (χ1n) is 7.83. The number of ether oxygens (including phenoxy) is 1. The molecule has 7 heteroatoms. The zero-order valence-corrected chi connectivity index (χ0v) is 13.1. The van der Waals surface area contributed by atoms with Gasteiger partial charge >= 0.3 is 5.63 Å². The fourth-order valence-corrected chi connectivity index (χ4v) is 2.58. The Morgan fingerprint density at radius 2 is 1.92 bits per heavy atom. The van der Waals surface area contributed by atoms with Gasteiger partial charge in [0.1, 0.15) is 11.3 Å². The van der Waals surface area contributed by atoms with Crippen molar-refractivity contribution in [3.05, 3.63) is 40.8 Å². The lowest BCUT2D eigenvalue weighted by Gasteiger charge is -2.15. The van der Waals surface area contributed by atoms with Crippen molar-refractivity contribution >= 4 is 22.8 Å². The molecule has 1 aromatic carbocycles. The van der Waals surface area contributed by atoms with Crippen LogP contribution in [0, 0.1) is 0 Å². The Morgan fingerprint density at radius 3 is 2.71 bits per heavy atom. The molecule has 1 saturated heterocycles. The lowest BCUT2D eigenvalue weighted by Crippen LogP contribution is -2.40. The van der Waals surface area contributed by atoms with Gasteiger partial charge in [0.05, 0.1) is 6.54 Å². The minimum absolute atomic E-state index is 0.0191. The highest BCUT2D eigenvalue weighted by Crippen LogP contribution is 2.19. The van der Waals surface area contributed by atoms with Crippen molar-refractivity contribution in [2.75, 3.05) is 26.2 Å². The van der Waals surface area contributed by atoms with Crippen LogP contribution in [0.4, 0.5) is 0 Å². The lowest BCUT2D eigenvalue weighted by atomic mass is 10.2. The van der Waals surface area contributed by atoms with Crippen molar-refractivity contribution in [2.45, 2.75) is 12.8 Å². The van der Waals surface area contributed by atoms with Crippen LogP contribution in [-0.2, 0) is 9.59 Å². The molecule has 3 rings (SSSR count). The second-order valence-electron chi connectivity index (χ2n) is 5.61. The van der Waals surface area contributed by atoms with Gasteiger partial charge in [0, 0.05) is 30.6 Å². The molecule has 7 nitrogen and oxygen atoms in total.